The third kappa shape index (κ3) is 21.9. The number of rotatable bonds is 15. The van der Waals surface area contributed by atoms with Gasteiger partial charge in [-0.2, -0.15) is 13.2 Å². The van der Waals surface area contributed by atoms with Gasteiger partial charge in [-0.3, -0.25) is 57.5 Å². The van der Waals surface area contributed by atoms with Gasteiger partial charge in [0.05, 0.1) is 37.6 Å². The lowest BCUT2D eigenvalue weighted by atomic mass is 9.58. The topological polar surface area (TPSA) is 289 Å². The highest BCUT2D eigenvalue weighted by Crippen LogP contribution is 2.50. The first kappa shape index (κ1) is 87.0. The molecule has 594 valence electrons. The van der Waals surface area contributed by atoms with Crippen molar-refractivity contribution < 1.29 is 80.2 Å². The molecule has 0 aromatic heterocycles. The van der Waals surface area contributed by atoms with Gasteiger partial charge in [0.1, 0.15) is 53.9 Å². The SMILES string of the molecule is CCC[C@H]1C(=O)N[C@@H]([C@@H](C)CC)C(=O)N(C)CC(=O)N(C)[C@H]2C/C=C\CCN(C2=O)[C@@H](CC2CCC(C)CC2)C(=O)N(C)CC(=O)N[C@@H](CCC2CCC(C(F)(F)F)C(OC)C2)C(=O)N2C[C@H](OCC)C[C@H]2C(=O)NC2(CC(C)(C)C2)C(=O)N(C)[C@@H](CC(C)C)C(=O)N(C)[C@H](C(=O)N(C)C)CC(=O)N1C. The summed E-state index contributed by atoms with van der Waals surface area (Å²) < 4.78 is 54.5. The fraction of sp³-hybridized carbons (Fsp3) is 0.816. The first-order chi connectivity index (χ1) is 49.2. The molecule has 3 unspecified atom stereocenters. The van der Waals surface area contributed by atoms with E-state index in [0.29, 0.717) is 25.2 Å². The molecule has 5 fully saturated rings. The van der Waals surface area contributed by atoms with Crippen LogP contribution in [0.5, 0.6) is 0 Å². The number of likely N-dealkylation sites (N-methyl/N-ethyl adjacent to an activating group) is 7. The Morgan fingerprint density at radius 3 is 1.90 bits per heavy atom. The van der Waals surface area contributed by atoms with Gasteiger partial charge in [0, 0.05) is 89.6 Å². The number of hydrogen-bond donors (Lipinski definition) is 3. The second kappa shape index (κ2) is 37.8. The Hall–Kier alpha value is -6.91. The van der Waals surface area contributed by atoms with Gasteiger partial charge in [0.15, 0.2) is 0 Å². The molecular weight excluding hydrogens is 1360 g/mol. The molecule has 3 saturated carbocycles. The average Bonchev–Trinajstić information content (AvgIpc) is 1.21. The number of carbonyl (C=O) groups is 12. The molecule has 2 saturated heterocycles. The van der Waals surface area contributed by atoms with Gasteiger partial charge in [-0.05, 0) is 119 Å². The number of halogens is 3. The van der Waals surface area contributed by atoms with E-state index in [2.05, 4.69) is 22.9 Å². The highest BCUT2D eigenvalue weighted by molar-refractivity contribution is 6.01. The molecule has 6 aliphatic rings. The van der Waals surface area contributed by atoms with E-state index in [1.54, 1.807) is 19.9 Å². The van der Waals surface area contributed by atoms with Crippen LogP contribution in [0.4, 0.5) is 13.2 Å². The van der Waals surface area contributed by atoms with Crippen molar-refractivity contribution in [3.05, 3.63) is 12.2 Å². The highest BCUT2D eigenvalue weighted by atomic mass is 19.4. The van der Waals surface area contributed by atoms with Crippen LogP contribution in [0.1, 0.15) is 191 Å². The quantitative estimate of drug-likeness (QED) is 0.164. The van der Waals surface area contributed by atoms with Crippen LogP contribution in [0.3, 0.4) is 0 Å². The van der Waals surface area contributed by atoms with Crippen LogP contribution in [-0.2, 0) is 67.0 Å². The molecule has 6 rings (SSSR count). The minimum absolute atomic E-state index is 0.00704. The Labute approximate surface area is 621 Å². The zero-order chi connectivity index (χ0) is 78.5. The van der Waals surface area contributed by atoms with Gasteiger partial charge in [-0.1, -0.05) is 106 Å². The van der Waals surface area contributed by atoms with Gasteiger partial charge >= 0.3 is 6.18 Å². The number of nitrogens with zero attached hydrogens (tertiary/aromatic N) is 9. The monoisotopic (exact) mass is 1490 g/mol. The highest BCUT2D eigenvalue weighted by Gasteiger charge is 2.59. The maximum Gasteiger partial charge on any atom is 0.394 e. The molecule has 13 atom stereocenters. The molecule has 105 heavy (non-hydrogen) atoms. The molecule has 26 nitrogen and oxygen atoms in total. The van der Waals surface area contributed by atoms with Crippen molar-refractivity contribution in [2.75, 3.05) is 96.3 Å². The molecule has 1 spiro atoms. The molecule has 3 aliphatic heterocycles. The lowest BCUT2D eigenvalue weighted by molar-refractivity contribution is -0.215. The summed E-state index contributed by atoms with van der Waals surface area (Å²) in [5.74, 6) is -10.4. The number of ether oxygens (including phenoxy) is 2. The molecule has 3 heterocycles. The van der Waals surface area contributed by atoms with Gasteiger partial charge in [-0.15, -0.1) is 0 Å². The van der Waals surface area contributed by atoms with Gasteiger partial charge < -0.3 is 69.5 Å². The summed E-state index contributed by atoms with van der Waals surface area (Å²) >= 11 is 0. The van der Waals surface area contributed by atoms with Crippen LogP contribution in [0.25, 0.3) is 0 Å². The van der Waals surface area contributed by atoms with E-state index in [1.165, 1.54) is 103 Å². The van der Waals surface area contributed by atoms with Crippen molar-refractivity contribution in [3.8, 4) is 0 Å². The number of amides is 12. The fourth-order valence-electron chi connectivity index (χ4n) is 16.9. The Kier molecular flexibility index (Phi) is 31.3. The molecular formula is C76H125F3N12O14. The Bertz CT molecular complexity index is 3100. The average molecular weight is 1490 g/mol. The van der Waals surface area contributed by atoms with Gasteiger partial charge in [0.2, 0.25) is 70.9 Å². The van der Waals surface area contributed by atoms with Crippen LogP contribution in [-0.4, -0.2) is 284 Å². The molecule has 12 amide bonds. The third-order valence-corrected chi connectivity index (χ3v) is 23.2. The summed E-state index contributed by atoms with van der Waals surface area (Å²) in [5.41, 5.74) is -2.20. The summed E-state index contributed by atoms with van der Waals surface area (Å²) in [4.78, 5) is 193. The first-order valence-corrected chi connectivity index (χ1v) is 38.3. The molecule has 29 heteroatoms. The van der Waals surface area contributed by atoms with E-state index in [-0.39, 0.29) is 109 Å². The Morgan fingerprint density at radius 2 is 1.31 bits per heavy atom. The van der Waals surface area contributed by atoms with Crippen LogP contribution in [0.2, 0.25) is 0 Å². The van der Waals surface area contributed by atoms with Crippen molar-refractivity contribution in [3.63, 3.8) is 0 Å². The second-order valence-corrected chi connectivity index (χ2v) is 32.7. The maximum absolute atomic E-state index is 15.7. The zero-order valence-electron chi connectivity index (χ0n) is 65.9. The Balaban J connectivity index is 1.48. The van der Waals surface area contributed by atoms with E-state index >= 15 is 28.8 Å². The van der Waals surface area contributed by atoms with Gasteiger partial charge in [0.25, 0.3) is 0 Å². The fourth-order valence-corrected chi connectivity index (χ4v) is 16.9. The molecule has 2 bridgehead atoms. The maximum atomic E-state index is 15.7. The largest absolute Gasteiger partial charge is 0.394 e. The minimum Gasteiger partial charge on any atom is -0.381 e. The van der Waals surface area contributed by atoms with E-state index in [4.69, 9.17) is 9.47 Å². The normalized spacial score (nSPS) is 31.2. The smallest absolute Gasteiger partial charge is 0.381 e. The summed E-state index contributed by atoms with van der Waals surface area (Å²) in [6, 6.07) is -10.2. The number of methoxy groups -OCH3 is 1. The van der Waals surface area contributed by atoms with Crippen LogP contribution in [0, 0.1) is 40.9 Å². The lowest BCUT2D eigenvalue weighted by Crippen LogP contribution is -2.71. The molecule has 0 aromatic carbocycles. The number of fused-ring (bicyclic) bond motifs is 3. The van der Waals surface area contributed by atoms with Crippen molar-refractivity contribution in [1.82, 2.24) is 60.0 Å². The summed E-state index contributed by atoms with van der Waals surface area (Å²) in [7, 11) is 12.6. The molecule has 3 N–H and O–H groups in total. The number of alkyl halides is 3. The molecule has 3 aliphatic carbocycles. The van der Waals surface area contributed by atoms with E-state index in [9.17, 15) is 41.9 Å². The third-order valence-electron chi connectivity index (χ3n) is 23.2. The standard InChI is InChI=1S/C76H125F3N12O14/c1-19-25-54-65(95)81-64(48(7)20-2)72(102)85(13)43-63(94)87(15)55-26-23-22-24-35-90(71(55)101)59(37-49-29-27-47(6)28-30-49)69(99)84(12)42-61(92)80-53(34-32-50-31-33-52(76(77,78)79)60(38-50)104-18)67(97)91-41-51(105-21-3)39-56(91)66(96)82-75(44-74(8,9)45-75)73(103)89(17)57(36-46(4)5)70(100)88(16)58(68(98)83(10)11)40-62(93)86(54)14/h22-23,46-60,64H,19-21,24-45H2,1-18H3,(H,80,92)(H,81,95)(H,82,96)/b23-22-/t47?,48-,49?,50?,51+,52?,53-,54-,55-,56-,57-,58-,59-,60?,64-/m0/s1. The lowest BCUT2D eigenvalue weighted by Gasteiger charge is -2.54. The first-order valence-electron chi connectivity index (χ1n) is 38.3. The van der Waals surface area contributed by atoms with Crippen molar-refractivity contribution >= 4 is 70.9 Å². The zero-order valence-corrected chi connectivity index (χ0v) is 65.9. The van der Waals surface area contributed by atoms with Crippen LogP contribution >= 0.6 is 0 Å². The summed E-state index contributed by atoms with van der Waals surface area (Å²) in [6.07, 6.45) is 1.60. The number of nitrogens with one attached hydrogen (secondary N) is 3. The summed E-state index contributed by atoms with van der Waals surface area (Å²) in [5, 5.41) is 8.82. The minimum atomic E-state index is -4.52. The van der Waals surface area contributed by atoms with Crippen LogP contribution in [0.15, 0.2) is 12.2 Å². The van der Waals surface area contributed by atoms with Crippen molar-refractivity contribution in [2.45, 2.75) is 263 Å². The van der Waals surface area contributed by atoms with Crippen molar-refractivity contribution in [1.29, 1.82) is 0 Å². The van der Waals surface area contributed by atoms with Gasteiger partial charge in [-0.25, -0.2) is 0 Å². The van der Waals surface area contributed by atoms with Crippen molar-refractivity contribution in [2.24, 2.45) is 40.9 Å². The van der Waals surface area contributed by atoms with E-state index < -0.39 is 186 Å². The van der Waals surface area contributed by atoms with E-state index in [1.807, 2.05) is 47.6 Å². The molecule has 0 radical (unpaired) electrons. The van der Waals surface area contributed by atoms with E-state index in [0.717, 1.165) is 30.6 Å². The predicted octanol–water partition coefficient (Wildman–Crippen LogP) is 5.78. The predicted molar refractivity (Wildman–Crippen MR) is 388 cm³/mol. The summed E-state index contributed by atoms with van der Waals surface area (Å²) in [6.45, 7) is 15.8. The molecule has 0 aromatic rings. The Morgan fingerprint density at radius 1 is 0.676 bits per heavy atom. The second-order valence-electron chi connectivity index (χ2n) is 32.7. The van der Waals surface area contributed by atoms with Crippen LogP contribution < -0.4 is 16.0 Å². The number of carbonyl (C=O) groups excluding carboxylic acids is 12. The number of hydrogen-bond acceptors (Lipinski definition) is 14.